The Balaban J connectivity index is 2.04. The molecule has 0 aromatic heterocycles. The molecule has 0 spiro atoms. The zero-order valence-corrected chi connectivity index (χ0v) is 11.5. The number of rotatable bonds is 7. The largest absolute Gasteiger partial charge is 0.376 e. The maximum absolute atomic E-state index is 11.6. The van der Waals surface area contributed by atoms with Crippen LogP contribution in [0.4, 0.5) is 0 Å². The second kappa shape index (κ2) is 7.70. The van der Waals surface area contributed by atoms with E-state index in [0.717, 1.165) is 31.8 Å². The molecule has 100 valence electrons. The molecule has 0 aromatic rings. The molecule has 0 bridgehead atoms. The summed E-state index contributed by atoms with van der Waals surface area (Å²) in [6.45, 7) is 8.23. The van der Waals surface area contributed by atoms with Gasteiger partial charge >= 0.3 is 0 Å². The molecule has 1 fully saturated rings. The van der Waals surface area contributed by atoms with Crippen molar-refractivity contribution in [3.63, 3.8) is 0 Å². The Kier molecular flexibility index (Phi) is 6.56. The molecule has 17 heavy (non-hydrogen) atoms. The lowest BCUT2D eigenvalue weighted by Crippen LogP contribution is -2.31. The molecule has 0 aliphatic carbocycles. The Morgan fingerprint density at radius 2 is 2.18 bits per heavy atom. The summed E-state index contributed by atoms with van der Waals surface area (Å²) in [6.07, 6.45) is 5.33. The van der Waals surface area contributed by atoms with E-state index in [1.807, 2.05) is 0 Å². The van der Waals surface area contributed by atoms with Gasteiger partial charge in [-0.1, -0.05) is 20.8 Å². The van der Waals surface area contributed by atoms with Gasteiger partial charge in [0, 0.05) is 19.6 Å². The molecule has 3 nitrogen and oxygen atoms in total. The quantitative estimate of drug-likeness (QED) is 0.744. The van der Waals surface area contributed by atoms with E-state index in [4.69, 9.17) is 4.74 Å². The van der Waals surface area contributed by atoms with E-state index >= 15 is 0 Å². The second-order valence-electron chi connectivity index (χ2n) is 5.71. The van der Waals surface area contributed by atoms with Gasteiger partial charge in [-0.25, -0.2) is 0 Å². The van der Waals surface area contributed by atoms with E-state index in [0.29, 0.717) is 18.9 Å². The Labute approximate surface area is 105 Å². The fraction of sp³-hybridized carbons (Fsp3) is 0.929. The van der Waals surface area contributed by atoms with Crippen LogP contribution in [0.1, 0.15) is 52.9 Å². The van der Waals surface area contributed by atoms with Crippen LogP contribution in [-0.4, -0.2) is 25.2 Å². The molecule has 1 aliphatic heterocycles. The predicted octanol–water partition coefficient (Wildman–Crippen LogP) is 2.74. The van der Waals surface area contributed by atoms with Gasteiger partial charge in [0.25, 0.3) is 0 Å². The summed E-state index contributed by atoms with van der Waals surface area (Å²) in [5.74, 6) is 1.54. The molecule has 1 amide bonds. The van der Waals surface area contributed by atoms with Crippen molar-refractivity contribution in [2.45, 2.75) is 59.0 Å². The van der Waals surface area contributed by atoms with E-state index in [-0.39, 0.29) is 12.0 Å². The van der Waals surface area contributed by atoms with Gasteiger partial charge in [0.05, 0.1) is 6.10 Å². The van der Waals surface area contributed by atoms with Crippen LogP contribution in [0.5, 0.6) is 0 Å². The summed E-state index contributed by atoms with van der Waals surface area (Å²) in [4.78, 5) is 11.6. The topological polar surface area (TPSA) is 38.3 Å². The molecule has 2 unspecified atom stereocenters. The van der Waals surface area contributed by atoms with Gasteiger partial charge in [0.1, 0.15) is 0 Å². The standard InChI is InChI=1S/C14H27NO2/c1-11(2)9-12(3)6-7-14(16)15-10-13-5-4-8-17-13/h11-13H,4-10H2,1-3H3,(H,15,16). The number of hydrogen-bond donors (Lipinski definition) is 1. The summed E-state index contributed by atoms with van der Waals surface area (Å²) in [5.41, 5.74) is 0. The average Bonchev–Trinajstić information content (AvgIpc) is 2.75. The lowest BCUT2D eigenvalue weighted by Gasteiger charge is -2.14. The highest BCUT2D eigenvalue weighted by molar-refractivity contribution is 5.75. The van der Waals surface area contributed by atoms with Crippen LogP contribution in [0.25, 0.3) is 0 Å². The number of ether oxygens (including phenoxy) is 1. The Morgan fingerprint density at radius 3 is 2.76 bits per heavy atom. The fourth-order valence-electron chi connectivity index (χ4n) is 2.42. The minimum absolute atomic E-state index is 0.177. The van der Waals surface area contributed by atoms with E-state index in [2.05, 4.69) is 26.1 Å². The third kappa shape index (κ3) is 6.67. The first-order valence-corrected chi connectivity index (χ1v) is 6.96. The summed E-state index contributed by atoms with van der Waals surface area (Å²) in [5, 5.41) is 2.97. The van der Waals surface area contributed by atoms with E-state index in [9.17, 15) is 4.79 Å². The summed E-state index contributed by atoms with van der Waals surface area (Å²) in [7, 11) is 0. The smallest absolute Gasteiger partial charge is 0.220 e. The molecule has 0 radical (unpaired) electrons. The van der Waals surface area contributed by atoms with Crippen LogP contribution in [0.15, 0.2) is 0 Å². The summed E-state index contributed by atoms with van der Waals surface area (Å²) in [6, 6.07) is 0. The number of hydrogen-bond acceptors (Lipinski definition) is 2. The summed E-state index contributed by atoms with van der Waals surface area (Å²) >= 11 is 0. The van der Waals surface area contributed by atoms with Crippen LogP contribution >= 0.6 is 0 Å². The van der Waals surface area contributed by atoms with Gasteiger partial charge in [0.15, 0.2) is 0 Å². The van der Waals surface area contributed by atoms with Crippen molar-refractivity contribution in [3.05, 3.63) is 0 Å². The maximum atomic E-state index is 11.6. The molecular weight excluding hydrogens is 214 g/mol. The molecule has 0 saturated carbocycles. The molecule has 1 rings (SSSR count). The number of carbonyl (C=O) groups is 1. The molecular formula is C14H27NO2. The minimum Gasteiger partial charge on any atom is -0.376 e. The third-order valence-electron chi connectivity index (χ3n) is 3.29. The van der Waals surface area contributed by atoms with E-state index in [1.165, 1.54) is 6.42 Å². The Bertz CT molecular complexity index is 222. The van der Waals surface area contributed by atoms with Crippen LogP contribution in [0.2, 0.25) is 0 Å². The average molecular weight is 241 g/mol. The molecule has 0 aromatic carbocycles. The zero-order valence-electron chi connectivity index (χ0n) is 11.5. The first kappa shape index (κ1) is 14.5. The molecule has 2 atom stereocenters. The second-order valence-corrected chi connectivity index (χ2v) is 5.71. The summed E-state index contributed by atoms with van der Waals surface area (Å²) < 4.78 is 5.47. The lowest BCUT2D eigenvalue weighted by molar-refractivity contribution is -0.121. The van der Waals surface area contributed by atoms with Crippen LogP contribution in [0, 0.1) is 11.8 Å². The first-order chi connectivity index (χ1) is 8.08. The van der Waals surface area contributed by atoms with E-state index in [1.54, 1.807) is 0 Å². The Morgan fingerprint density at radius 1 is 1.41 bits per heavy atom. The molecule has 1 heterocycles. The normalized spacial score (nSPS) is 21.8. The van der Waals surface area contributed by atoms with Crippen LogP contribution in [0.3, 0.4) is 0 Å². The van der Waals surface area contributed by atoms with E-state index < -0.39 is 0 Å². The van der Waals surface area contributed by atoms with Crippen molar-refractivity contribution in [1.29, 1.82) is 0 Å². The van der Waals surface area contributed by atoms with Crippen molar-refractivity contribution < 1.29 is 9.53 Å². The molecule has 1 saturated heterocycles. The fourth-order valence-corrected chi connectivity index (χ4v) is 2.42. The zero-order chi connectivity index (χ0) is 12.7. The highest BCUT2D eigenvalue weighted by Crippen LogP contribution is 2.16. The van der Waals surface area contributed by atoms with Gasteiger partial charge in [-0.05, 0) is 37.5 Å². The van der Waals surface area contributed by atoms with Gasteiger partial charge in [-0.15, -0.1) is 0 Å². The van der Waals surface area contributed by atoms with Gasteiger partial charge < -0.3 is 10.1 Å². The molecule has 1 aliphatic rings. The third-order valence-corrected chi connectivity index (χ3v) is 3.29. The van der Waals surface area contributed by atoms with Crippen molar-refractivity contribution in [2.24, 2.45) is 11.8 Å². The van der Waals surface area contributed by atoms with Crippen LogP contribution in [-0.2, 0) is 9.53 Å². The first-order valence-electron chi connectivity index (χ1n) is 6.96. The molecule has 1 N–H and O–H groups in total. The van der Waals surface area contributed by atoms with Crippen molar-refractivity contribution in [1.82, 2.24) is 5.32 Å². The highest BCUT2D eigenvalue weighted by Gasteiger charge is 2.16. The maximum Gasteiger partial charge on any atom is 0.220 e. The molecule has 3 heteroatoms. The van der Waals surface area contributed by atoms with Gasteiger partial charge in [0.2, 0.25) is 5.91 Å². The van der Waals surface area contributed by atoms with Gasteiger partial charge in [-0.3, -0.25) is 4.79 Å². The van der Waals surface area contributed by atoms with Crippen molar-refractivity contribution in [3.8, 4) is 0 Å². The Hall–Kier alpha value is -0.570. The number of nitrogens with one attached hydrogen (secondary N) is 1. The van der Waals surface area contributed by atoms with Gasteiger partial charge in [-0.2, -0.15) is 0 Å². The van der Waals surface area contributed by atoms with Crippen molar-refractivity contribution >= 4 is 5.91 Å². The number of amides is 1. The predicted molar refractivity (Wildman–Crippen MR) is 69.8 cm³/mol. The SMILES string of the molecule is CC(C)CC(C)CCC(=O)NCC1CCCO1. The minimum atomic E-state index is 0.177. The highest BCUT2D eigenvalue weighted by atomic mass is 16.5. The van der Waals surface area contributed by atoms with Crippen molar-refractivity contribution in [2.75, 3.05) is 13.2 Å². The lowest BCUT2D eigenvalue weighted by atomic mass is 9.94. The van der Waals surface area contributed by atoms with Crippen LogP contribution < -0.4 is 5.32 Å². The monoisotopic (exact) mass is 241 g/mol. The number of carbonyl (C=O) groups excluding carboxylic acids is 1.